The number of aryl methyl sites for hydroxylation is 1. The molecule has 21 heavy (non-hydrogen) atoms. The molecule has 0 saturated carbocycles. The molecule has 102 valence electrons. The lowest BCUT2D eigenvalue weighted by Crippen LogP contribution is -2.12. The number of aromatic amines is 1. The molecule has 0 aliphatic rings. The lowest BCUT2D eigenvalue weighted by Gasteiger charge is -2.09. The molecule has 0 atom stereocenters. The van der Waals surface area contributed by atoms with Gasteiger partial charge in [0.1, 0.15) is 11.6 Å². The number of H-pyrrole nitrogens is 1. The Kier molecular flexibility index (Phi) is 3.20. The molecule has 1 aromatic carbocycles. The van der Waals surface area contributed by atoms with Crippen LogP contribution in [-0.4, -0.2) is 9.97 Å². The van der Waals surface area contributed by atoms with Gasteiger partial charge in [0.05, 0.1) is 10.5 Å². The summed E-state index contributed by atoms with van der Waals surface area (Å²) in [4.78, 5) is 18.8. The van der Waals surface area contributed by atoms with Crippen molar-refractivity contribution in [3.8, 4) is 17.2 Å². The van der Waals surface area contributed by atoms with Crippen LogP contribution in [0.1, 0.15) is 11.3 Å². The number of hydrogen-bond donors (Lipinski definition) is 1. The molecule has 0 amide bonds. The molecule has 2 aromatic heterocycles. The summed E-state index contributed by atoms with van der Waals surface area (Å²) in [6.45, 7) is 1.77. The van der Waals surface area contributed by atoms with Crippen molar-refractivity contribution in [1.82, 2.24) is 9.97 Å². The van der Waals surface area contributed by atoms with Crippen molar-refractivity contribution in [2.75, 3.05) is 0 Å². The van der Waals surface area contributed by atoms with Crippen molar-refractivity contribution >= 4 is 22.5 Å². The minimum Gasteiger partial charge on any atom is -0.325 e. The molecule has 0 saturated heterocycles. The van der Waals surface area contributed by atoms with Crippen LogP contribution in [0.2, 0.25) is 5.02 Å². The molecule has 5 heteroatoms. The molecular formula is C16H10ClN3O. The van der Waals surface area contributed by atoms with Crippen molar-refractivity contribution in [1.29, 1.82) is 5.26 Å². The molecule has 0 radical (unpaired) electrons. The van der Waals surface area contributed by atoms with Gasteiger partial charge in [-0.3, -0.25) is 9.78 Å². The number of pyridine rings is 2. The van der Waals surface area contributed by atoms with Gasteiger partial charge >= 0.3 is 0 Å². The predicted molar refractivity (Wildman–Crippen MR) is 82.3 cm³/mol. The second-order valence-electron chi connectivity index (χ2n) is 4.68. The lowest BCUT2D eigenvalue weighted by atomic mass is 9.99. The van der Waals surface area contributed by atoms with E-state index in [4.69, 9.17) is 11.6 Å². The number of benzene rings is 1. The molecule has 3 aromatic rings. The zero-order valence-corrected chi connectivity index (χ0v) is 11.9. The first-order valence-electron chi connectivity index (χ1n) is 6.29. The number of aromatic nitrogens is 2. The minimum atomic E-state index is -0.408. The van der Waals surface area contributed by atoms with Gasteiger partial charge in [0, 0.05) is 28.4 Å². The Hall–Kier alpha value is -2.64. The number of hydrogen-bond acceptors (Lipinski definition) is 3. The van der Waals surface area contributed by atoms with Gasteiger partial charge in [-0.25, -0.2) is 0 Å². The summed E-state index contributed by atoms with van der Waals surface area (Å²) in [5.41, 5.74) is 2.29. The number of nitriles is 1. The zero-order chi connectivity index (χ0) is 15.0. The second kappa shape index (κ2) is 5.04. The van der Waals surface area contributed by atoms with E-state index in [0.29, 0.717) is 21.8 Å². The summed E-state index contributed by atoms with van der Waals surface area (Å²) in [5.74, 6) is 0. The smallest absolute Gasteiger partial charge is 0.266 e. The third kappa shape index (κ3) is 2.18. The van der Waals surface area contributed by atoms with Crippen LogP contribution in [0, 0.1) is 18.3 Å². The topological polar surface area (TPSA) is 69.5 Å². The summed E-state index contributed by atoms with van der Waals surface area (Å²) >= 11 is 6.45. The Labute approximate surface area is 125 Å². The van der Waals surface area contributed by atoms with Crippen LogP contribution in [0.3, 0.4) is 0 Å². The first kappa shape index (κ1) is 13.3. The van der Waals surface area contributed by atoms with Crippen molar-refractivity contribution < 1.29 is 0 Å². The molecule has 0 spiro atoms. The fourth-order valence-electron chi connectivity index (χ4n) is 2.34. The van der Waals surface area contributed by atoms with Crippen molar-refractivity contribution in [3.63, 3.8) is 0 Å². The van der Waals surface area contributed by atoms with Crippen molar-refractivity contribution in [3.05, 3.63) is 63.2 Å². The molecule has 3 rings (SSSR count). The van der Waals surface area contributed by atoms with Crippen LogP contribution < -0.4 is 5.56 Å². The zero-order valence-electron chi connectivity index (χ0n) is 11.1. The maximum atomic E-state index is 11.9. The highest BCUT2D eigenvalue weighted by molar-refractivity contribution is 6.38. The summed E-state index contributed by atoms with van der Waals surface area (Å²) in [6, 6.07) is 11.0. The Balaban J connectivity index is 2.39. The van der Waals surface area contributed by atoms with Gasteiger partial charge in [-0.05, 0) is 31.2 Å². The van der Waals surface area contributed by atoms with Gasteiger partial charge < -0.3 is 4.98 Å². The number of halogens is 1. The maximum absolute atomic E-state index is 11.9. The first-order chi connectivity index (χ1) is 10.1. The minimum absolute atomic E-state index is 0.0609. The second-order valence-corrected chi connectivity index (χ2v) is 5.06. The van der Waals surface area contributed by atoms with Crippen LogP contribution in [0.5, 0.6) is 0 Å². The van der Waals surface area contributed by atoms with E-state index in [-0.39, 0.29) is 5.56 Å². The van der Waals surface area contributed by atoms with Gasteiger partial charge in [0.15, 0.2) is 0 Å². The average Bonchev–Trinajstić information content (AvgIpc) is 2.47. The SMILES string of the molecule is Cc1cc(-c2ccc3ncccc3c2Cl)c(C#N)c(=O)[nH]1. The van der Waals surface area contributed by atoms with Crippen LogP contribution in [0.15, 0.2) is 41.3 Å². The Morgan fingerprint density at radius 1 is 1.29 bits per heavy atom. The molecular weight excluding hydrogens is 286 g/mol. The van der Waals surface area contributed by atoms with Crippen LogP contribution in [0.25, 0.3) is 22.0 Å². The highest BCUT2D eigenvalue weighted by atomic mass is 35.5. The number of rotatable bonds is 1. The van der Waals surface area contributed by atoms with Crippen LogP contribution in [-0.2, 0) is 0 Å². The molecule has 0 unspecified atom stereocenters. The van der Waals surface area contributed by atoms with E-state index in [9.17, 15) is 10.1 Å². The van der Waals surface area contributed by atoms with Gasteiger partial charge in [-0.1, -0.05) is 17.7 Å². The molecule has 1 N–H and O–H groups in total. The fourth-order valence-corrected chi connectivity index (χ4v) is 2.66. The normalized spacial score (nSPS) is 10.5. The Bertz CT molecular complexity index is 954. The fraction of sp³-hybridized carbons (Fsp3) is 0.0625. The number of nitrogens with one attached hydrogen (secondary N) is 1. The van der Waals surface area contributed by atoms with E-state index < -0.39 is 5.56 Å². The van der Waals surface area contributed by atoms with Gasteiger partial charge in [0.25, 0.3) is 5.56 Å². The first-order valence-corrected chi connectivity index (χ1v) is 6.67. The summed E-state index contributed by atoms with van der Waals surface area (Å²) in [7, 11) is 0. The quantitative estimate of drug-likeness (QED) is 0.748. The Morgan fingerprint density at radius 3 is 2.86 bits per heavy atom. The van der Waals surface area contributed by atoms with Crippen molar-refractivity contribution in [2.24, 2.45) is 0 Å². The number of fused-ring (bicyclic) bond motifs is 1. The summed E-state index contributed by atoms with van der Waals surface area (Å²) < 4.78 is 0. The largest absolute Gasteiger partial charge is 0.325 e. The predicted octanol–water partition coefficient (Wildman–Crippen LogP) is 3.42. The molecule has 0 bridgehead atoms. The standard InChI is InChI=1S/C16H10ClN3O/c1-9-7-12(13(8-18)16(21)20-9)10-4-5-14-11(15(10)17)3-2-6-19-14/h2-7H,1H3,(H,20,21). The summed E-state index contributed by atoms with van der Waals surface area (Å²) in [5, 5.41) is 10.5. The van der Waals surface area contributed by atoms with Gasteiger partial charge in [-0.2, -0.15) is 5.26 Å². The molecule has 2 heterocycles. The van der Waals surface area contributed by atoms with E-state index in [1.807, 2.05) is 18.2 Å². The molecule has 4 nitrogen and oxygen atoms in total. The van der Waals surface area contributed by atoms with E-state index in [0.717, 1.165) is 10.9 Å². The molecule has 0 fully saturated rings. The van der Waals surface area contributed by atoms with Gasteiger partial charge in [-0.15, -0.1) is 0 Å². The third-order valence-corrected chi connectivity index (χ3v) is 3.70. The molecule has 0 aliphatic heterocycles. The van der Waals surface area contributed by atoms with E-state index in [2.05, 4.69) is 9.97 Å². The highest BCUT2D eigenvalue weighted by Crippen LogP contribution is 2.34. The van der Waals surface area contributed by atoms with E-state index in [1.165, 1.54) is 0 Å². The monoisotopic (exact) mass is 295 g/mol. The Morgan fingerprint density at radius 2 is 2.10 bits per heavy atom. The summed E-state index contributed by atoms with van der Waals surface area (Å²) in [6.07, 6.45) is 1.69. The third-order valence-electron chi connectivity index (χ3n) is 3.29. The van der Waals surface area contributed by atoms with Crippen LogP contribution >= 0.6 is 11.6 Å². The average molecular weight is 296 g/mol. The van der Waals surface area contributed by atoms with Crippen molar-refractivity contribution in [2.45, 2.75) is 6.92 Å². The number of nitrogens with zero attached hydrogens (tertiary/aromatic N) is 2. The highest BCUT2D eigenvalue weighted by Gasteiger charge is 2.14. The molecule has 0 aliphatic carbocycles. The van der Waals surface area contributed by atoms with E-state index in [1.54, 1.807) is 31.3 Å². The van der Waals surface area contributed by atoms with Crippen LogP contribution in [0.4, 0.5) is 0 Å². The lowest BCUT2D eigenvalue weighted by molar-refractivity contribution is 1.13. The van der Waals surface area contributed by atoms with E-state index >= 15 is 0 Å². The maximum Gasteiger partial charge on any atom is 0.266 e. The van der Waals surface area contributed by atoms with Gasteiger partial charge in [0.2, 0.25) is 0 Å².